The lowest BCUT2D eigenvalue weighted by Gasteiger charge is -2.33. The lowest BCUT2D eigenvalue weighted by molar-refractivity contribution is 0.0894. The molecule has 1 aliphatic rings. The fourth-order valence-electron chi connectivity index (χ4n) is 2.43. The fraction of sp³-hybridized carbons (Fsp3) is 0.462. The molecule has 1 fully saturated rings. The highest BCUT2D eigenvalue weighted by Gasteiger charge is 2.28. The number of benzene rings is 1. The lowest BCUT2D eigenvalue weighted by atomic mass is 9.82. The summed E-state index contributed by atoms with van der Waals surface area (Å²) in [5.41, 5.74) is 0.162. The minimum absolute atomic E-state index is 0.00350. The first kappa shape index (κ1) is 15.3. The molecular formula is C13H15ClFNO3S. The van der Waals surface area contributed by atoms with Gasteiger partial charge in [0, 0.05) is 22.3 Å². The molecule has 0 spiro atoms. The molecule has 0 aliphatic heterocycles. The van der Waals surface area contributed by atoms with Gasteiger partial charge in [0.2, 0.25) is 0 Å². The maximum atomic E-state index is 13.5. The van der Waals surface area contributed by atoms with Gasteiger partial charge in [0.1, 0.15) is 5.82 Å². The highest BCUT2D eigenvalue weighted by molar-refractivity contribution is 8.13. The third kappa shape index (κ3) is 3.12. The average Bonchev–Trinajstić information content (AvgIpc) is 2.28. The molecule has 0 bridgehead atoms. The van der Waals surface area contributed by atoms with Crippen molar-refractivity contribution in [2.75, 3.05) is 0 Å². The third-order valence-corrected chi connectivity index (χ3v) is 4.99. The maximum absolute atomic E-state index is 13.5. The van der Waals surface area contributed by atoms with Crippen LogP contribution < -0.4 is 5.32 Å². The summed E-state index contributed by atoms with van der Waals surface area (Å²) in [5, 5.41) is 2.77. The Hall–Kier alpha value is -1.14. The second kappa shape index (κ2) is 5.33. The first-order valence-corrected chi connectivity index (χ1v) is 8.55. The zero-order chi connectivity index (χ0) is 15.1. The van der Waals surface area contributed by atoms with E-state index in [1.165, 1.54) is 6.92 Å². The Morgan fingerprint density at radius 3 is 2.50 bits per heavy atom. The third-order valence-electron chi connectivity index (χ3n) is 3.54. The van der Waals surface area contributed by atoms with Crippen LogP contribution in [-0.2, 0) is 9.05 Å². The maximum Gasteiger partial charge on any atom is 0.261 e. The summed E-state index contributed by atoms with van der Waals surface area (Å²) in [5.74, 6) is -0.713. The molecule has 0 atom stereocenters. The average molecular weight is 320 g/mol. The monoisotopic (exact) mass is 319 g/mol. The van der Waals surface area contributed by atoms with Crippen molar-refractivity contribution in [2.24, 2.45) is 5.92 Å². The predicted molar refractivity (Wildman–Crippen MR) is 73.8 cm³/mol. The van der Waals surface area contributed by atoms with Crippen LogP contribution in [-0.4, -0.2) is 20.4 Å². The van der Waals surface area contributed by atoms with E-state index in [9.17, 15) is 17.6 Å². The highest BCUT2D eigenvalue weighted by Crippen LogP contribution is 2.28. The van der Waals surface area contributed by atoms with Crippen molar-refractivity contribution in [1.29, 1.82) is 0 Å². The molecule has 1 N–H and O–H groups in total. The van der Waals surface area contributed by atoms with Crippen LogP contribution in [0.2, 0.25) is 0 Å². The quantitative estimate of drug-likeness (QED) is 0.871. The molecule has 0 radical (unpaired) electrons. The molecule has 4 nitrogen and oxygen atoms in total. The van der Waals surface area contributed by atoms with E-state index < -0.39 is 20.8 Å². The van der Waals surface area contributed by atoms with Gasteiger partial charge in [-0.2, -0.15) is 0 Å². The number of hydrogen-bond acceptors (Lipinski definition) is 3. The highest BCUT2D eigenvalue weighted by atomic mass is 35.7. The Balaban J connectivity index is 2.32. The van der Waals surface area contributed by atoms with E-state index in [-0.39, 0.29) is 22.1 Å². The van der Waals surface area contributed by atoms with E-state index in [4.69, 9.17) is 10.7 Å². The van der Waals surface area contributed by atoms with E-state index in [2.05, 4.69) is 12.2 Å². The number of rotatable bonds is 3. The first-order valence-electron chi connectivity index (χ1n) is 6.24. The minimum atomic E-state index is -4.09. The second-order valence-electron chi connectivity index (χ2n) is 5.26. The van der Waals surface area contributed by atoms with Crippen LogP contribution in [0.3, 0.4) is 0 Å². The standard InChI is InChI=1S/C13H15ClFNO3S/c1-7-3-10(4-7)16-13(17)11-5-9(15)6-12(8(11)2)20(14,18)19/h5-7,10H,3-4H2,1-2H3,(H,16,17). The number of hydrogen-bond donors (Lipinski definition) is 1. The molecule has 7 heteroatoms. The lowest BCUT2D eigenvalue weighted by Crippen LogP contribution is -2.43. The van der Waals surface area contributed by atoms with Gasteiger partial charge >= 0.3 is 0 Å². The van der Waals surface area contributed by atoms with Crippen LogP contribution in [0.4, 0.5) is 4.39 Å². The van der Waals surface area contributed by atoms with Crippen LogP contribution in [0.1, 0.15) is 35.7 Å². The van der Waals surface area contributed by atoms with Gasteiger partial charge in [0.25, 0.3) is 15.0 Å². The molecular weight excluding hydrogens is 305 g/mol. The SMILES string of the molecule is Cc1c(C(=O)NC2CC(C)C2)cc(F)cc1S(=O)(=O)Cl. The molecule has 0 heterocycles. The van der Waals surface area contributed by atoms with Crippen molar-refractivity contribution in [1.82, 2.24) is 5.32 Å². The summed E-state index contributed by atoms with van der Waals surface area (Å²) in [6, 6.07) is 1.91. The molecule has 20 heavy (non-hydrogen) atoms. The Morgan fingerprint density at radius 1 is 1.40 bits per heavy atom. The van der Waals surface area contributed by atoms with Crippen molar-refractivity contribution in [3.05, 3.63) is 29.1 Å². The summed E-state index contributed by atoms with van der Waals surface area (Å²) in [6.07, 6.45) is 1.75. The second-order valence-corrected chi connectivity index (χ2v) is 7.80. The first-order chi connectivity index (χ1) is 9.18. The molecule has 0 saturated heterocycles. The van der Waals surface area contributed by atoms with Crippen LogP contribution in [0.25, 0.3) is 0 Å². The van der Waals surface area contributed by atoms with Gasteiger partial charge in [-0.3, -0.25) is 4.79 Å². The zero-order valence-electron chi connectivity index (χ0n) is 11.1. The van der Waals surface area contributed by atoms with Crippen LogP contribution in [0, 0.1) is 18.7 Å². The van der Waals surface area contributed by atoms with Crippen molar-refractivity contribution in [2.45, 2.75) is 37.6 Å². The summed E-state index contributed by atoms with van der Waals surface area (Å²) >= 11 is 0. The smallest absolute Gasteiger partial charge is 0.261 e. The van der Waals surface area contributed by atoms with Gasteiger partial charge in [-0.25, -0.2) is 12.8 Å². The van der Waals surface area contributed by atoms with Gasteiger partial charge in [0.05, 0.1) is 4.90 Å². The molecule has 1 aromatic carbocycles. The van der Waals surface area contributed by atoms with Crippen molar-refractivity contribution in [3.63, 3.8) is 0 Å². The van der Waals surface area contributed by atoms with Gasteiger partial charge in [0.15, 0.2) is 0 Å². The Morgan fingerprint density at radius 2 is 2.00 bits per heavy atom. The van der Waals surface area contributed by atoms with Crippen molar-refractivity contribution < 1.29 is 17.6 Å². The predicted octanol–water partition coefficient (Wildman–Crippen LogP) is 2.59. The van der Waals surface area contributed by atoms with Gasteiger partial charge in [-0.1, -0.05) is 6.92 Å². The van der Waals surface area contributed by atoms with Crippen molar-refractivity contribution in [3.8, 4) is 0 Å². The Labute approximate surface area is 121 Å². The van der Waals surface area contributed by atoms with Crippen LogP contribution in [0.15, 0.2) is 17.0 Å². The molecule has 1 saturated carbocycles. The molecule has 2 rings (SSSR count). The van der Waals surface area contributed by atoms with Crippen LogP contribution >= 0.6 is 10.7 Å². The summed E-state index contributed by atoms with van der Waals surface area (Å²) < 4.78 is 36.3. The zero-order valence-corrected chi connectivity index (χ0v) is 12.7. The summed E-state index contributed by atoms with van der Waals surface area (Å²) in [6.45, 7) is 3.52. The van der Waals surface area contributed by atoms with E-state index in [0.717, 1.165) is 25.0 Å². The van der Waals surface area contributed by atoms with Crippen molar-refractivity contribution >= 4 is 25.6 Å². The molecule has 1 aliphatic carbocycles. The van der Waals surface area contributed by atoms with E-state index in [0.29, 0.717) is 5.92 Å². The molecule has 1 aromatic rings. The minimum Gasteiger partial charge on any atom is -0.349 e. The van der Waals surface area contributed by atoms with Crippen LogP contribution in [0.5, 0.6) is 0 Å². The van der Waals surface area contributed by atoms with Gasteiger partial charge in [-0.15, -0.1) is 0 Å². The normalized spacial score (nSPS) is 22.2. The summed E-state index contributed by atoms with van der Waals surface area (Å²) in [4.78, 5) is 11.7. The summed E-state index contributed by atoms with van der Waals surface area (Å²) in [7, 11) is 1.16. The fourth-order valence-corrected chi connectivity index (χ4v) is 3.64. The largest absolute Gasteiger partial charge is 0.349 e. The molecule has 0 unspecified atom stereocenters. The molecule has 0 aromatic heterocycles. The number of nitrogens with one attached hydrogen (secondary N) is 1. The van der Waals surface area contributed by atoms with E-state index in [1.807, 2.05) is 0 Å². The van der Waals surface area contributed by atoms with E-state index >= 15 is 0 Å². The van der Waals surface area contributed by atoms with E-state index in [1.54, 1.807) is 0 Å². The number of halogens is 2. The topological polar surface area (TPSA) is 63.2 Å². The van der Waals surface area contributed by atoms with Gasteiger partial charge < -0.3 is 5.32 Å². The number of carbonyl (C=O) groups is 1. The van der Waals surface area contributed by atoms with Gasteiger partial charge in [-0.05, 0) is 43.4 Å². The Kier molecular flexibility index (Phi) is 4.07. The Bertz CT molecular complexity index is 654. The molecule has 1 amide bonds. The molecule has 110 valence electrons. The number of carbonyl (C=O) groups excluding carboxylic acids is 1. The number of amides is 1.